The number of hydrogen-bond donors (Lipinski definition) is 2. The van der Waals surface area contributed by atoms with Crippen molar-refractivity contribution >= 4 is 27.8 Å². The topological polar surface area (TPSA) is 99.6 Å². The second-order valence-electron chi connectivity index (χ2n) is 11.7. The Bertz CT molecular complexity index is 1600. The van der Waals surface area contributed by atoms with Gasteiger partial charge in [-0.2, -0.15) is 0 Å². The van der Waals surface area contributed by atoms with E-state index < -0.39 is 12.7 Å². The number of halogens is 1. The number of fused-ring (bicyclic) bond motifs is 3. The molecule has 0 radical (unpaired) electrons. The average Bonchev–Trinajstić information content (AvgIpc) is 3.67. The van der Waals surface area contributed by atoms with Crippen molar-refractivity contribution in [3.05, 3.63) is 47.5 Å². The Labute approximate surface area is 238 Å². The molecule has 1 saturated heterocycles. The molecule has 1 amide bonds. The molecule has 3 aliphatic rings. The third-order valence-electron chi connectivity index (χ3n) is 8.61. The smallest absolute Gasteiger partial charge is 0.254 e. The van der Waals surface area contributed by atoms with Crippen molar-refractivity contribution in [2.45, 2.75) is 38.0 Å². The lowest BCUT2D eigenvalue weighted by atomic mass is 9.97. The van der Waals surface area contributed by atoms with Crippen molar-refractivity contribution in [3.63, 3.8) is 0 Å². The zero-order valence-electron chi connectivity index (χ0n) is 23.4. The molecule has 4 aromatic rings. The molecule has 9 nitrogen and oxygen atoms in total. The summed E-state index contributed by atoms with van der Waals surface area (Å²) in [6.45, 7) is 3.87. The highest BCUT2D eigenvalue weighted by molar-refractivity contribution is 6.01. The van der Waals surface area contributed by atoms with Crippen molar-refractivity contribution in [2.75, 3.05) is 46.1 Å². The highest BCUT2D eigenvalue weighted by atomic mass is 19.1. The Balaban J connectivity index is 1.27. The minimum Gasteiger partial charge on any atom is -0.489 e. The number of amides is 1. The monoisotopic (exact) mass is 560 g/mol. The number of morpholine rings is 1. The highest BCUT2D eigenvalue weighted by Gasteiger charge is 2.29. The van der Waals surface area contributed by atoms with Gasteiger partial charge < -0.3 is 34.6 Å². The molecule has 41 heavy (non-hydrogen) atoms. The van der Waals surface area contributed by atoms with E-state index in [0.717, 1.165) is 64.4 Å². The van der Waals surface area contributed by atoms with Crippen molar-refractivity contribution in [1.29, 1.82) is 0 Å². The minimum atomic E-state index is -0.667. The van der Waals surface area contributed by atoms with Gasteiger partial charge in [0.1, 0.15) is 25.1 Å². The number of alkyl halides is 1. The zero-order valence-corrected chi connectivity index (χ0v) is 23.4. The van der Waals surface area contributed by atoms with Crippen LogP contribution >= 0.6 is 0 Å². The van der Waals surface area contributed by atoms with E-state index in [2.05, 4.69) is 32.7 Å². The summed E-state index contributed by atoms with van der Waals surface area (Å²) in [6, 6.07) is 11.7. The van der Waals surface area contributed by atoms with Gasteiger partial charge in [0.15, 0.2) is 5.82 Å². The molecule has 4 heterocycles. The molecular weight excluding hydrogens is 523 g/mol. The third-order valence-corrected chi connectivity index (χ3v) is 8.61. The first kappa shape index (κ1) is 26.4. The molecular formula is C31H37FN6O3. The Morgan fingerprint density at radius 2 is 2.15 bits per heavy atom. The normalized spacial score (nSPS) is 20.1. The number of hydrogen-bond acceptors (Lipinski definition) is 6. The van der Waals surface area contributed by atoms with Gasteiger partial charge in [0.2, 0.25) is 0 Å². The van der Waals surface area contributed by atoms with E-state index >= 15 is 0 Å². The molecule has 0 bridgehead atoms. The maximum atomic E-state index is 13.3. The minimum absolute atomic E-state index is 0.0301. The molecule has 2 atom stereocenters. The fourth-order valence-corrected chi connectivity index (χ4v) is 6.20. The molecule has 1 saturated carbocycles. The molecule has 0 spiro atoms. The largest absolute Gasteiger partial charge is 0.489 e. The molecule has 1 aliphatic carbocycles. The van der Waals surface area contributed by atoms with Gasteiger partial charge in [-0.3, -0.25) is 4.79 Å². The van der Waals surface area contributed by atoms with E-state index in [1.54, 1.807) is 4.90 Å². The molecule has 7 rings (SSSR count). The number of nitrogens with one attached hydrogen (secondary N) is 1. The maximum absolute atomic E-state index is 13.3. The third kappa shape index (κ3) is 4.98. The number of ether oxygens (including phenoxy) is 2. The molecule has 10 heteroatoms. The van der Waals surface area contributed by atoms with Crippen LogP contribution in [0.5, 0.6) is 5.75 Å². The SMILES string of the molecule is Cn1c(-c2cc3cccc(OC[C@H]4CNCCO4)c3n2CC2CC2)nc2cc3c(cc21)CCN(C[C@H](N)CF)C3=O. The Morgan fingerprint density at radius 1 is 1.27 bits per heavy atom. The van der Waals surface area contributed by atoms with Crippen LogP contribution in [-0.2, 0) is 24.8 Å². The molecule has 2 aromatic carbocycles. The Morgan fingerprint density at radius 3 is 2.93 bits per heavy atom. The van der Waals surface area contributed by atoms with Crippen molar-refractivity contribution < 1.29 is 18.7 Å². The second-order valence-corrected chi connectivity index (χ2v) is 11.7. The summed E-state index contributed by atoms with van der Waals surface area (Å²) in [6.07, 6.45) is 3.19. The van der Waals surface area contributed by atoms with Gasteiger partial charge in [-0.05, 0) is 55.0 Å². The van der Waals surface area contributed by atoms with Crippen LogP contribution in [-0.4, -0.2) is 83.1 Å². The summed E-state index contributed by atoms with van der Waals surface area (Å²) in [4.78, 5) is 20.0. The fraction of sp³-hybridized carbons (Fsp3) is 0.484. The summed E-state index contributed by atoms with van der Waals surface area (Å²) in [5.74, 6) is 2.25. The number of aryl methyl sites for hydroxylation is 1. The number of para-hydroxylation sites is 1. The van der Waals surface area contributed by atoms with E-state index in [1.165, 1.54) is 12.8 Å². The summed E-state index contributed by atoms with van der Waals surface area (Å²) >= 11 is 0. The van der Waals surface area contributed by atoms with Crippen LogP contribution in [0.3, 0.4) is 0 Å². The molecule has 0 unspecified atom stereocenters. The number of nitrogens with zero attached hydrogens (tertiary/aromatic N) is 4. The van der Waals surface area contributed by atoms with Crippen molar-refractivity contribution in [1.82, 2.24) is 24.3 Å². The molecule has 2 fully saturated rings. The van der Waals surface area contributed by atoms with Crippen LogP contribution in [0, 0.1) is 5.92 Å². The number of imidazole rings is 1. The number of rotatable bonds is 9. The Kier molecular flexibility index (Phi) is 6.92. The standard InChI is InChI=1S/C31H37FN6O3/c1-36-26-11-20-7-9-37(17-22(33)14-32)31(39)24(20)13-25(26)35-30(36)27-12-21-3-2-4-28(29(21)38(27)16-19-5-6-19)41-18-23-15-34-8-10-40-23/h2-4,11-13,19,22-23,34H,5-10,14-18,33H2,1H3/t22-,23-/m1/s1. The fourth-order valence-electron chi connectivity index (χ4n) is 6.20. The van der Waals surface area contributed by atoms with Gasteiger partial charge in [-0.25, -0.2) is 9.37 Å². The summed E-state index contributed by atoms with van der Waals surface area (Å²) in [7, 11) is 2.04. The molecule has 216 valence electrons. The number of benzene rings is 2. The van der Waals surface area contributed by atoms with Crippen LogP contribution in [0.2, 0.25) is 0 Å². The van der Waals surface area contributed by atoms with Crippen LogP contribution in [0.4, 0.5) is 4.39 Å². The van der Waals surface area contributed by atoms with E-state index in [9.17, 15) is 9.18 Å². The van der Waals surface area contributed by atoms with Gasteiger partial charge in [-0.15, -0.1) is 0 Å². The number of carbonyl (C=O) groups is 1. The van der Waals surface area contributed by atoms with Crippen molar-refractivity contribution in [3.8, 4) is 17.3 Å². The summed E-state index contributed by atoms with van der Waals surface area (Å²) < 4.78 is 29.8. The van der Waals surface area contributed by atoms with Gasteiger partial charge in [0.05, 0.1) is 34.9 Å². The molecule has 2 aliphatic heterocycles. The second kappa shape index (κ2) is 10.7. The van der Waals surface area contributed by atoms with Gasteiger partial charge in [0.25, 0.3) is 5.91 Å². The average molecular weight is 561 g/mol. The lowest BCUT2D eigenvalue weighted by Gasteiger charge is -2.30. The number of aromatic nitrogens is 3. The zero-order chi connectivity index (χ0) is 28.1. The maximum Gasteiger partial charge on any atom is 0.254 e. The molecule has 3 N–H and O–H groups in total. The van der Waals surface area contributed by atoms with Crippen LogP contribution in [0.1, 0.15) is 28.8 Å². The lowest BCUT2D eigenvalue weighted by molar-refractivity contribution is 0.000443. The quantitative estimate of drug-likeness (QED) is 0.326. The van der Waals surface area contributed by atoms with E-state index in [1.807, 2.05) is 25.2 Å². The Hall–Kier alpha value is -3.47. The van der Waals surface area contributed by atoms with E-state index in [4.69, 9.17) is 20.2 Å². The van der Waals surface area contributed by atoms with E-state index in [0.29, 0.717) is 37.7 Å². The first-order valence-electron chi connectivity index (χ1n) is 14.7. The van der Waals surface area contributed by atoms with Gasteiger partial charge >= 0.3 is 0 Å². The first-order valence-corrected chi connectivity index (χ1v) is 14.7. The first-order chi connectivity index (χ1) is 20.0. The van der Waals surface area contributed by atoms with Crippen LogP contribution in [0.25, 0.3) is 33.5 Å². The van der Waals surface area contributed by atoms with Gasteiger partial charge in [0, 0.05) is 50.7 Å². The van der Waals surface area contributed by atoms with E-state index in [-0.39, 0.29) is 18.6 Å². The van der Waals surface area contributed by atoms with Crippen LogP contribution < -0.4 is 15.8 Å². The summed E-state index contributed by atoms with van der Waals surface area (Å²) in [5, 5.41) is 4.48. The van der Waals surface area contributed by atoms with Crippen molar-refractivity contribution in [2.24, 2.45) is 18.7 Å². The highest BCUT2D eigenvalue weighted by Crippen LogP contribution is 2.39. The summed E-state index contributed by atoms with van der Waals surface area (Å²) in [5.41, 5.74) is 11.3. The predicted octanol–water partition coefficient (Wildman–Crippen LogP) is 3.27. The predicted molar refractivity (Wildman–Crippen MR) is 156 cm³/mol. The van der Waals surface area contributed by atoms with Crippen LogP contribution in [0.15, 0.2) is 36.4 Å². The lowest BCUT2D eigenvalue weighted by Crippen LogP contribution is -2.45. The molecule has 2 aromatic heterocycles. The van der Waals surface area contributed by atoms with Gasteiger partial charge in [-0.1, -0.05) is 12.1 Å². The number of nitrogens with two attached hydrogens (primary N) is 1. The number of carbonyl (C=O) groups excluding carboxylic acids is 1.